The number of carbonyl (C=O) groups excluding carboxylic acids is 1. The van der Waals surface area contributed by atoms with Gasteiger partial charge in [-0.15, -0.1) is 0 Å². The number of anilines is 3. The molecule has 3 heterocycles. The van der Waals surface area contributed by atoms with E-state index < -0.39 is 6.10 Å². The Hall–Kier alpha value is -3.92. The number of aromatic nitrogens is 3. The SMILES string of the molecule is Cc1ccccc1Nc1nc(N)nc(CN2CCN(C(=O)C3COc4ccccc4O3)CC2)n1. The van der Waals surface area contributed by atoms with Crippen molar-refractivity contribution in [2.45, 2.75) is 19.6 Å². The van der Waals surface area contributed by atoms with E-state index in [0.29, 0.717) is 56.0 Å². The van der Waals surface area contributed by atoms with Crippen LogP contribution in [0.2, 0.25) is 0 Å². The van der Waals surface area contributed by atoms with E-state index in [1.807, 2.05) is 60.4 Å². The minimum Gasteiger partial charge on any atom is -0.485 e. The Labute approximate surface area is 197 Å². The first kappa shape index (κ1) is 21.9. The second-order valence-corrected chi connectivity index (χ2v) is 8.34. The largest absolute Gasteiger partial charge is 0.485 e. The molecule has 10 nitrogen and oxygen atoms in total. The standard InChI is InChI=1S/C24H27N7O3/c1-16-6-2-3-7-17(16)26-24-28-21(27-23(25)29-24)14-30-10-12-31(13-11-30)22(32)20-15-33-18-8-4-5-9-19(18)34-20/h2-9,20H,10-15H2,1H3,(H3,25,26,27,28,29). The number of carbonyl (C=O) groups is 1. The Balaban J connectivity index is 1.17. The Morgan fingerprint density at radius 2 is 1.76 bits per heavy atom. The van der Waals surface area contributed by atoms with Crippen molar-refractivity contribution >= 4 is 23.5 Å². The van der Waals surface area contributed by atoms with Crippen molar-refractivity contribution in [3.05, 3.63) is 59.9 Å². The normalized spacial score (nSPS) is 17.9. The van der Waals surface area contributed by atoms with Gasteiger partial charge in [0, 0.05) is 31.9 Å². The molecule has 0 radical (unpaired) electrons. The molecule has 2 aliphatic rings. The maximum atomic E-state index is 13.0. The summed E-state index contributed by atoms with van der Waals surface area (Å²) in [5.74, 6) is 2.40. The lowest BCUT2D eigenvalue weighted by atomic mass is 10.2. The molecule has 1 saturated heterocycles. The molecule has 3 N–H and O–H groups in total. The van der Waals surface area contributed by atoms with Gasteiger partial charge in [0.05, 0.1) is 6.54 Å². The highest BCUT2D eigenvalue weighted by Gasteiger charge is 2.32. The topological polar surface area (TPSA) is 119 Å². The number of ether oxygens (including phenoxy) is 2. The summed E-state index contributed by atoms with van der Waals surface area (Å²) in [4.78, 5) is 30.0. The van der Waals surface area contributed by atoms with E-state index >= 15 is 0 Å². The number of benzene rings is 2. The number of hydrogen-bond donors (Lipinski definition) is 2. The van der Waals surface area contributed by atoms with Crippen LogP contribution in [-0.2, 0) is 11.3 Å². The van der Waals surface area contributed by atoms with Gasteiger partial charge < -0.3 is 25.4 Å². The molecule has 10 heteroatoms. The third-order valence-corrected chi connectivity index (χ3v) is 5.92. The van der Waals surface area contributed by atoms with Gasteiger partial charge in [0.25, 0.3) is 5.91 Å². The van der Waals surface area contributed by atoms with Crippen molar-refractivity contribution in [2.24, 2.45) is 0 Å². The molecule has 3 aromatic rings. The highest BCUT2D eigenvalue weighted by molar-refractivity contribution is 5.82. The molecule has 34 heavy (non-hydrogen) atoms. The second kappa shape index (κ2) is 9.52. The van der Waals surface area contributed by atoms with Crippen molar-refractivity contribution in [1.29, 1.82) is 0 Å². The monoisotopic (exact) mass is 461 g/mol. The summed E-state index contributed by atoms with van der Waals surface area (Å²) < 4.78 is 11.6. The van der Waals surface area contributed by atoms with Crippen LogP contribution < -0.4 is 20.5 Å². The van der Waals surface area contributed by atoms with Gasteiger partial charge in [-0.05, 0) is 30.7 Å². The minimum atomic E-state index is -0.625. The van der Waals surface area contributed by atoms with Crippen LogP contribution in [0, 0.1) is 6.92 Å². The van der Waals surface area contributed by atoms with Crippen molar-refractivity contribution in [2.75, 3.05) is 43.8 Å². The van der Waals surface area contributed by atoms with Crippen molar-refractivity contribution < 1.29 is 14.3 Å². The Morgan fingerprint density at radius 1 is 1.03 bits per heavy atom. The van der Waals surface area contributed by atoms with Gasteiger partial charge in [-0.3, -0.25) is 9.69 Å². The maximum absolute atomic E-state index is 13.0. The molecule has 1 aromatic heterocycles. The van der Waals surface area contributed by atoms with Crippen LogP contribution in [0.25, 0.3) is 0 Å². The fourth-order valence-corrected chi connectivity index (χ4v) is 4.07. The van der Waals surface area contributed by atoms with Gasteiger partial charge in [0.1, 0.15) is 12.4 Å². The van der Waals surface area contributed by atoms with E-state index in [-0.39, 0.29) is 18.5 Å². The van der Waals surface area contributed by atoms with Crippen LogP contribution in [0.15, 0.2) is 48.5 Å². The number of hydrogen-bond acceptors (Lipinski definition) is 9. The number of para-hydroxylation sites is 3. The van der Waals surface area contributed by atoms with Crippen LogP contribution in [0.3, 0.4) is 0 Å². The zero-order chi connectivity index (χ0) is 23.5. The number of piperazine rings is 1. The van der Waals surface area contributed by atoms with E-state index in [2.05, 4.69) is 25.2 Å². The quantitative estimate of drug-likeness (QED) is 0.588. The van der Waals surface area contributed by atoms with E-state index in [1.54, 1.807) is 0 Å². The molecular weight excluding hydrogens is 434 g/mol. The average molecular weight is 462 g/mol. The van der Waals surface area contributed by atoms with Crippen LogP contribution in [0.1, 0.15) is 11.4 Å². The molecule has 176 valence electrons. The first-order chi connectivity index (χ1) is 16.5. The predicted molar refractivity (Wildman–Crippen MR) is 127 cm³/mol. The molecule has 0 bridgehead atoms. The van der Waals surface area contributed by atoms with Gasteiger partial charge in [-0.25, -0.2) is 0 Å². The highest BCUT2D eigenvalue weighted by Crippen LogP contribution is 2.31. The lowest BCUT2D eigenvalue weighted by Crippen LogP contribution is -2.53. The highest BCUT2D eigenvalue weighted by atomic mass is 16.6. The molecule has 5 rings (SSSR count). The first-order valence-corrected chi connectivity index (χ1v) is 11.3. The summed E-state index contributed by atoms with van der Waals surface area (Å²) in [6.07, 6.45) is -0.625. The van der Waals surface area contributed by atoms with Gasteiger partial charge in [-0.2, -0.15) is 15.0 Å². The van der Waals surface area contributed by atoms with E-state index in [4.69, 9.17) is 15.2 Å². The van der Waals surface area contributed by atoms with Gasteiger partial charge in [0.15, 0.2) is 11.5 Å². The summed E-state index contributed by atoms with van der Waals surface area (Å²) in [6, 6.07) is 15.3. The summed E-state index contributed by atoms with van der Waals surface area (Å²) >= 11 is 0. The zero-order valence-corrected chi connectivity index (χ0v) is 19.0. The zero-order valence-electron chi connectivity index (χ0n) is 19.0. The Morgan fingerprint density at radius 3 is 2.56 bits per heavy atom. The molecular formula is C24H27N7O3. The minimum absolute atomic E-state index is 0.0525. The van der Waals surface area contributed by atoms with E-state index in [1.165, 1.54) is 0 Å². The second-order valence-electron chi connectivity index (χ2n) is 8.34. The fraction of sp³-hybridized carbons (Fsp3) is 0.333. The maximum Gasteiger partial charge on any atom is 0.267 e. The van der Waals surface area contributed by atoms with Crippen molar-refractivity contribution in [3.63, 3.8) is 0 Å². The number of nitrogens with one attached hydrogen (secondary N) is 1. The van der Waals surface area contributed by atoms with Gasteiger partial charge >= 0.3 is 0 Å². The third kappa shape index (κ3) is 4.86. The molecule has 0 aliphatic carbocycles. The molecule has 1 fully saturated rings. The lowest BCUT2D eigenvalue weighted by Gasteiger charge is -2.36. The summed E-state index contributed by atoms with van der Waals surface area (Å²) in [6.45, 7) is 5.33. The van der Waals surface area contributed by atoms with Crippen molar-refractivity contribution in [1.82, 2.24) is 24.8 Å². The summed E-state index contributed by atoms with van der Waals surface area (Å²) in [5.41, 5.74) is 7.94. The number of nitrogens with zero attached hydrogens (tertiary/aromatic N) is 5. The summed E-state index contributed by atoms with van der Waals surface area (Å²) in [5, 5.41) is 3.22. The summed E-state index contributed by atoms with van der Waals surface area (Å²) in [7, 11) is 0. The molecule has 1 atom stereocenters. The molecule has 1 unspecified atom stereocenters. The van der Waals surface area contributed by atoms with E-state index in [0.717, 1.165) is 11.3 Å². The number of nitrogen functional groups attached to an aromatic ring is 1. The van der Waals surface area contributed by atoms with Crippen LogP contribution in [0.4, 0.5) is 17.6 Å². The molecule has 2 aromatic carbocycles. The van der Waals surface area contributed by atoms with Crippen LogP contribution in [0.5, 0.6) is 11.5 Å². The smallest absolute Gasteiger partial charge is 0.267 e. The molecule has 2 aliphatic heterocycles. The predicted octanol–water partition coefficient (Wildman–Crippen LogP) is 1.99. The third-order valence-electron chi connectivity index (χ3n) is 5.92. The van der Waals surface area contributed by atoms with Gasteiger partial charge in [-0.1, -0.05) is 30.3 Å². The number of amides is 1. The fourth-order valence-electron chi connectivity index (χ4n) is 4.07. The number of nitrogens with two attached hydrogens (primary N) is 1. The number of fused-ring (bicyclic) bond motifs is 1. The molecule has 0 saturated carbocycles. The average Bonchev–Trinajstić information content (AvgIpc) is 2.85. The van der Waals surface area contributed by atoms with E-state index in [9.17, 15) is 4.79 Å². The van der Waals surface area contributed by atoms with Gasteiger partial charge in [0.2, 0.25) is 18.0 Å². The van der Waals surface area contributed by atoms with Crippen LogP contribution in [-0.4, -0.2) is 69.5 Å². The molecule has 1 amide bonds. The Bertz CT molecular complexity index is 1180. The number of rotatable bonds is 5. The Kier molecular flexibility index (Phi) is 6.13. The van der Waals surface area contributed by atoms with Crippen LogP contribution >= 0.6 is 0 Å². The lowest BCUT2D eigenvalue weighted by molar-refractivity contribution is -0.143. The molecule has 0 spiro atoms. The number of aryl methyl sites for hydroxylation is 1. The first-order valence-electron chi connectivity index (χ1n) is 11.3. The van der Waals surface area contributed by atoms with Crippen molar-refractivity contribution in [3.8, 4) is 11.5 Å².